The van der Waals surface area contributed by atoms with Crippen LogP contribution >= 0.6 is 24.0 Å². The van der Waals surface area contributed by atoms with E-state index in [1.807, 2.05) is 24.3 Å². The molecule has 1 aromatic rings. The molecule has 5 nitrogen and oxygen atoms in total. The summed E-state index contributed by atoms with van der Waals surface area (Å²) >= 11 is 0. The van der Waals surface area contributed by atoms with Crippen molar-refractivity contribution >= 4 is 29.9 Å². The van der Waals surface area contributed by atoms with Crippen LogP contribution in [0.25, 0.3) is 0 Å². The van der Waals surface area contributed by atoms with Crippen molar-refractivity contribution in [3.8, 4) is 5.75 Å². The maximum absolute atomic E-state index is 5.72. The molecule has 0 aromatic heterocycles. The quantitative estimate of drug-likeness (QED) is 0.288. The number of hydrogen-bond acceptors (Lipinski definition) is 3. The van der Waals surface area contributed by atoms with Crippen molar-refractivity contribution in [2.24, 2.45) is 4.99 Å². The van der Waals surface area contributed by atoms with Crippen molar-refractivity contribution in [3.05, 3.63) is 29.8 Å². The van der Waals surface area contributed by atoms with Crippen LogP contribution in [0.5, 0.6) is 5.75 Å². The first-order valence-corrected chi connectivity index (χ1v) is 8.57. The van der Waals surface area contributed by atoms with Gasteiger partial charge >= 0.3 is 0 Å². The maximum atomic E-state index is 5.72. The second kappa shape index (κ2) is 12.4. The molecule has 1 saturated heterocycles. The molecule has 0 unspecified atom stereocenters. The fourth-order valence-electron chi connectivity index (χ4n) is 2.62. The summed E-state index contributed by atoms with van der Waals surface area (Å²) in [5, 5.41) is 3.38. The molecule has 136 valence electrons. The third kappa shape index (κ3) is 7.25. The van der Waals surface area contributed by atoms with Crippen LogP contribution < -0.4 is 10.1 Å². The van der Waals surface area contributed by atoms with E-state index in [1.165, 1.54) is 18.4 Å². The van der Waals surface area contributed by atoms with Gasteiger partial charge in [-0.05, 0) is 43.9 Å². The largest absolute Gasteiger partial charge is 0.497 e. The monoisotopic (exact) mass is 447 g/mol. The van der Waals surface area contributed by atoms with Crippen LogP contribution in [-0.2, 0) is 11.3 Å². The molecule has 2 rings (SSSR count). The summed E-state index contributed by atoms with van der Waals surface area (Å²) in [6.07, 6.45) is 3.49. The topological polar surface area (TPSA) is 46.1 Å². The summed E-state index contributed by atoms with van der Waals surface area (Å²) in [6.45, 7) is 7.46. The number of likely N-dealkylation sites (tertiary alicyclic amines) is 1. The minimum absolute atomic E-state index is 0. The Bertz CT molecular complexity index is 474. The molecule has 0 aliphatic carbocycles. The Morgan fingerprint density at radius 2 is 1.92 bits per heavy atom. The van der Waals surface area contributed by atoms with Crippen molar-refractivity contribution in [2.75, 3.05) is 39.9 Å². The molecule has 0 spiro atoms. The predicted molar refractivity (Wildman–Crippen MR) is 109 cm³/mol. The van der Waals surface area contributed by atoms with Gasteiger partial charge in [-0.3, -0.25) is 4.99 Å². The average Bonchev–Trinajstić information content (AvgIpc) is 3.12. The Labute approximate surface area is 162 Å². The zero-order chi connectivity index (χ0) is 16.3. The number of rotatable bonds is 8. The fraction of sp³-hybridized carbons (Fsp3) is 0.611. The molecule has 0 amide bonds. The number of nitrogens with one attached hydrogen (secondary N) is 1. The molecular formula is C18H30IN3O2. The Hall–Kier alpha value is -1.02. The van der Waals surface area contributed by atoms with Crippen LogP contribution in [-0.4, -0.2) is 50.8 Å². The van der Waals surface area contributed by atoms with Crippen LogP contribution in [0, 0.1) is 0 Å². The van der Waals surface area contributed by atoms with E-state index >= 15 is 0 Å². The van der Waals surface area contributed by atoms with Crippen LogP contribution in [0.3, 0.4) is 0 Å². The summed E-state index contributed by atoms with van der Waals surface area (Å²) in [5.41, 5.74) is 1.17. The number of ether oxygens (including phenoxy) is 2. The highest BCUT2D eigenvalue weighted by atomic mass is 127. The van der Waals surface area contributed by atoms with E-state index in [0.29, 0.717) is 6.61 Å². The second-order valence-electron chi connectivity index (χ2n) is 5.68. The number of methoxy groups -OCH3 is 1. The van der Waals surface area contributed by atoms with E-state index in [0.717, 1.165) is 50.9 Å². The number of benzene rings is 1. The molecule has 0 bridgehead atoms. The number of aliphatic imine (C=N–C) groups is 1. The van der Waals surface area contributed by atoms with E-state index < -0.39 is 0 Å². The van der Waals surface area contributed by atoms with E-state index in [4.69, 9.17) is 14.5 Å². The van der Waals surface area contributed by atoms with Crippen molar-refractivity contribution in [3.63, 3.8) is 0 Å². The van der Waals surface area contributed by atoms with Crippen molar-refractivity contribution in [1.29, 1.82) is 0 Å². The number of hydrogen-bond donors (Lipinski definition) is 1. The zero-order valence-corrected chi connectivity index (χ0v) is 17.1. The fourth-order valence-corrected chi connectivity index (χ4v) is 2.62. The summed E-state index contributed by atoms with van der Waals surface area (Å²) in [4.78, 5) is 7.05. The van der Waals surface area contributed by atoms with Gasteiger partial charge in [0.25, 0.3) is 0 Å². The first-order valence-electron chi connectivity index (χ1n) is 8.57. The summed E-state index contributed by atoms with van der Waals surface area (Å²) in [5.74, 6) is 1.93. The number of nitrogens with zero attached hydrogens (tertiary/aromatic N) is 2. The molecule has 1 aliphatic heterocycles. The Kier molecular flexibility index (Phi) is 10.8. The Balaban J connectivity index is 0.00000288. The van der Waals surface area contributed by atoms with Gasteiger partial charge in [-0.2, -0.15) is 0 Å². The summed E-state index contributed by atoms with van der Waals surface area (Å²) in [7, 11) is 1.68. The third-order valence-corrected chi connectivity index (χ3v) is 3.88. The lowest BCUT2D eigenvalue weighted by Gasteiger charge is -2.20. The molecule has 0 atom stereocenters. The van der Waals surface area contributed by atoms with Gasteiger partial charge in [0, 0.05) is 32.8 Å². The smallest absolute Gasteiger partial charge is 0.193 e. The third-order valence-electron chi connectivity index (χ3n) is 3.88. The standard InChI is InChI=1S/C18H29N3O2.HI/c1-3-19-18(21-12-4-5-13-21)20-11-6-14-23-15-16-7-9-17(22-2)10-8-16;/h7-10H,3-6,11-15H2,1-2H3,(H,19,20);1H. The van der Waals surface area contributed by atoms with Crippen molar-refractivity contribution < 1.29 is 9.47 Å². The lowest BCUT2D eigenvalue weighted by molar-refractivity contribution is 0.120. The molecule has 1 N–H and O–H groups in total. The van der Waals surface area contributed by atoms with Gasteiger partial charge in [-0.1, -0.05) is 12.1 Å². The molecule has 0 radical (unpaired) electrons. The molecule has 1 aliphatic rings. The van der Waals surface area contributed by atoms with E-state index in [2.05, 4.69) is 17.1 Å². The van der Waals surface area contributed by atoms with E-state index in [9.17, 15) is 0 Å². The normalized spacial score (nSPS) is 14.4. The molecule has 0 saturated carbocycles. The highest BCUT2D eigenvalue weighted by Crippen LogP contribution is 2.12. The molecular weight excluding hydrogens is 417 g/mol. The minimum Gasteiger partial charge on any atom is -0.497 e. The second-order valence-corrected chi connectivity index (χ2v) is 5.68. The van der Waals surface area contributed by atoms with Gasteiger partial charge in [0.05, 0.1) is 13.7 Å². The predicted octanol–water partition coefficient (Wildman–Crippen LogP) is 3.28. The van der Waals surface area contributed by atoms with Gasteiger partial charge in [-0.15, -0.1) is 24.0 Å². The zero-order valence-electron chi connectivity index (χ0n) is 14.8. The first kappa shape index (κ1) is 21.0. The molecule has 24 heavy (non-hydrogen) atoms. The van der Waals surface area contributed by atoms with Gasteiger partial charge < -0.3 is 19.7 Å². The summed E-state index contributed by atoms with van der Waals surface area (Å²) < 4.78 is 10.9. The Morgan fingerprint density at radius 3 is 2.54 bits per heavy atom. The lowest BCUT2D eigenvalue weighted by Crippen LogP contribution is -2.39. The molecule has 1 aromatic carbocycles. The van der Waals surface area contributed by atoms with Crippen molar-refractivity contribution in [1.82, 2.24) is 10.2 Å². The number of halogens is 1. The molecule has 6 heteroatoms. The van der Waals surface area contributed by atoms with Crippen LogP contribution in [0.15, 0.2) is 29.3 Å². The first-order chi connectivity index (χ1) is 11.3. The van der Waals surface area contributed by atoms with Crippen LogP contribution in [0.2, 0.25) is 0 Å². The van der Waals surface area contributed by atoms with Gasteiger partial charge in [0.2, 0.25) is 0 Å². The van der Waals surface area contributed by atoms with E-state index in [-0.39, 0.29) is 24.0 Å². The van der Waals surface area contributed by atoms with Gasteiger partial charge in [0.1, 0.15) is 5.75 Å². The van der Waals surface area contributed by atoms with Gasteiger partial charge in [-0.25, -0.2) is 0 Å². The average molecular weight is 447 g/mol. The van der Waals surface area contributed by atoms with Crippen LogP contribution in [0.4, 0.5) is 0 Å². The molecule has 1 fully saturated rings. The Morgan fingerprint density at radius 1 is 1.21 bits per heavy atom. The SMILES string of the molecule is CCNC(=NCCCOCc1ccc(OC)cc1)N1CCCC1.I. The highest BCUT2D eigenvalue weighted by molar-refractivity contribution is 14.0. The maximum Gasteiger partial charge on any atom is 0.193 e. The summed E-state index contributed by atoms with van der Waals surface area (Å²) in [6, 6.07) is 7.99. The lowest BCUT2D eigenvalue weighted by atomic mass is 10.2. The number of guanidine groups is 1. The van der Waals surface area contributed by atoms with Crippen LogP contribution in [0.1, 0.15) is 31.7 Å². The van der Waals surface area contributed by atoms with Gasteiger partial charge in [0.15, 0.2) is 5.96 Å². The van der Waals surface area contributed by atoms with Crippen molar-refractivity contribution in [2.45, 2.75) is 32.8 Å². The minimum atomic E-state index is 0. The van der Waals surface area contributed by atoms with E-state index in [1.54, 1.807) is 7.11 Å². The molecule has 1 heterocycles. The highest BCUT2D eigenvalue weighted by Gasteiger charge is 2.14.